The lowest BCUT2D eigenvalue weighted by Gasteiger charge is -2.21. The molecule has 1 heterocycles. The summed E-state index contributed by atoms with van der Waals surface area (Å²) in [5.74, 6) is 0.426. The molecule has 124 valence electrons. The number of nitrogens with one attached hydrogen (secondary N) is 1. The fourth-order valence-electron chi connectivity index (χ4n) is 3.09. The second-order valence-corrected chi connectivity index (χ2v) is 9.17. The number of thiophene rings is 1. The number of sulfonamides is 1. The summed E-state index contributed by atoms with van der Waals surface area (Å²) >= 11 is 1.62. The number of aryl methyl sites for hydroxylation is 2. The van der Waals surface area contributed by atoms with Gasteiger partial charge in [-0.05, 0) is 80.2 Å². The van der Waals surface area contributed by atoms with Crippen LogP contribution in [-0.4, -0.2) is 8.42 Å². The van der Waals surface area contributed by atoms with Crippen LogP contribution in [0.3, 0.4) is 0 Å². The lowest BCUT2D eigenvalue weighted by molar-refractivity contribution is 0.532. The first kappa shape index (κ1) is 16.7. The van der Waals surface area contributed by atoms with Gasteiger partial charge in [-0.3, -0.25) is 0 Å². The quantitative estimate of drug-likeness (QED) is 0.869. The van der Waals surface area contributed by atoms with Crippen LogP contribution < -0.4 is 4.72 Å². The third-order valence-electron chi connectivity index (χ3n) is 4.79. The second-order valence-electron chi connectivity index (χ2n) is 6.54. The molecule has 1 atom stereocenters. The minimum atomic E-state index is -3.54. The van der Waals surface area contributed by atoms with E-state index < -0.39 is 10.0 Å². The summed E-state index contributed by atoms with van der Waals surface area (Å²) < 4.78 is 29.2. The Balaban J connectivity index is 2.02. The molecule has 0 amide bonds. The van der Waals surface area contributed by atoms with Crippen molar-refractivity contribution in [3.8, 4) is 0 Å². The van der Waals surface area contributed by atoms with Crippen molar-refractivity contribution >= 4 is 21.4 Å². The molecule has 2 aromatic rings. The second kappa shape index (κ2) is 6.04. The van der Waals surface area contributed by atoms with Crippen molar-refractivity contribution in [2.75, 3.05) is 0 Å². The molecule has 0 spiro atoms. The molecule has 1 aromatic heterocycles. The summed E-state index contributed by atoms with van der Waals surface area (Å²) in [4.78, 5) is 1.56. The van der Waals surface area contributed by atoms with Gasteiger partial charge in [-0.1, -0.05) is 12.1 Å². The minimum Gasteiger partial charge on any atom is -0.207 e. The normalized spacial score (nSPS) is 16.5. The molecule has 1 fully saturated rings. The summed E-state index contributed by atoms with van der Waals surface area (Å²) in [5, 5.41) is 2.01. The van der Waals surface area contributed by atoms with E-state index in [1.807, 2.05) is 45.2 Å². The number of benzene rings is 1. The van der Waals surface area contributed by atoms with Crippen molar-refractivity contribution in [1.29, 1.82) is 0 Å². The van der Waals surface area contributed by atoms with E-state index >= 15 is 0 Å². The standard InChI is InChI=1S/C18H23NO2S2/c1-11-10-12(2)14(4)18(13(11)3)23(20,21)19-17(15-7-8-15)16-6-5-9-22-16/h5-6,9-10,15,17,19H,7-8H2,1-4H3. The Bertz CT molecular complexity index is 793. The van der Waals surface area contributed by atoms with Crippen molar-refractivity contribution < 1.29 is 8.42 Å². The van der Waals surface area contributed by atoms with Crippen LogP contribution in [0.15, 0.2) is 28.5 Å². The molecule has 5 heteroatoms. The largest absolute Gasteiger partial charge is 0.241 e. The molecule has 3 rings (SSSR count). The Hall–Kier alpha value is -1.17. The smallest absolute Gasteiger partial charge is 0.207 e. The van der Waals surface area contributed by atoms with Crippen molar-refractivity contribution in [1.82, 2.24) is 4.72 Å². The van der Waals surface area contributed by atoms with Crippen LogP contribution in [0.25, 0.3) is 0 Å². The molecular weight excluding hydrogens is 326 g/mol. The summed E-state index contributed by atoms with van der Waals surface area (Å²) in [6.45, 7) is 7.73. The van der Waals surface area contributed by atoms with Gasteiger partial charge in [0.2, 0.25) is 10.0 Å². The lowest BCUT2D eigenvalue weighted by atomic mass is 10.0. The molecule has 1 N–H and O–H groups in total. The maximum atomic E-state index is 13.1. The first-order chi connectivity index (χ1) is 10.8. The van der Waals surface area contributed by atoms with Crippen molar-refractivity contribution in [2.24, 2.45) is 5.92 Å². The predicted molar refractivity (Wildman–Crippen MR) is 95.5 cm³/mol. The molecular formula is C18H23NO2S2. The van der Waals surface area contributed by atoms with Gasteiger partial charge in [0.05, 0.1) is 10.9 Å². The maximum absolute atomic E-state index is 13.1. The van der Waals surface area contributed by atoms with Crippen LogP contribution in [0.4, 0.5) is 0 Å². The molecule has 1 unspecified atom stereocenters. The number of rotatable bonds is 5. The molecule has 0 bridgehead atoms. The molecule has 0 saturated heterocycles. The Morgan fingerprint density at radius 1 is 1.13 bits per heavy atom. The van der Waals surface area contributed by atoms with E-state index in [1.165, 1.54) is 0 Å². The van der Waals surface area contributed by atoms with E-state index in [2.05, 4.69) is 10.8 Å². The molecule has 0 radical (unpaired) electrons. The highest BCUT2D eigenvalue weighted by molar-refractivity contribution is 7.89. The molecule has 1 aromatic carbocycles. The van der Waals surface area contributed by atoms with Crippen molar-refractivity contribution in [3.05, 3.63) is 50.7 Å². The summed E-state index contributed by atoms with van der Waals surface area (Å²) in [6.07, 6.45) is 2.19. The van der Waals surface area contributed by atoms with Crippen LogP contribution in [0.1, 0.15) is 46.0 Å². The van der Waals surface area contributed by atoms with Gasteiger partial charge in [-0.2, -0.15) is 0 Å². The average molecular weight is 350 g/mol. The average Bonchev–Trinajstić information content (AvgIpc) is 3.17. The van der Waals surface area contributed by atoms with E-state index in [4.69, 9.17) is 0 Å². The molecule has 1 saturated carbocycles. The molecule has 1 aliphatic carbocycles. The zero-order valence-corrected chi connectivity index (χ0v) is 15.6. The van der Waals surface area contributed by atoms with Gasteiger partial charge in [-0.15, -0.1) is 11.3 Å². The topological polar surface area (TPSA) is 46.2 Å². The van der Waals surface area contributed by atoms with Gasteiger partial charge in [-0.25, -0.2) is 13.1 Å². The summed E-state index contributed by atoms with van der Waals surface area (Å²) in [7, 11) is -3.54. The Morgan fingerprint density at radius 3 is 2.22 bits per heavy atom. The van der Waals surface area contributed by atoms with Crippen molar-refractivity contribution in [3.63, 3.8) is 0 Å². The van der Waals surface area contributed by atoms with Gasteiger partial charge in [0.25, 0.3) is 0 Å². The van der Waals surface area contributed by atoms with Gasteiger partial charge < -0.3 is 0 Å². The highest BCUT2D eigenvalue weighted by Crippen LogP contribution is 2.43. The van der Waals surface area contributed by atoms with Gasteiger partial charge in [0.15, 0.2) is 0 Å². The zero-order chi connectivity index (χ0) is 16.8. The lowest BCUT2D eigenvalue weighted by Crippen LogP contribution is -2.31. The Morgan fingerprint density at radius 2 is 1.74 bits per heavy atom. The first-order valence-corrected chi connectivity index (χ1v) is 10.3. The summed E-state index contributed by atoms with van der Waals surface area (Å²) in [5.41, 5.74) is 3.74. The monoisotopic (exact) mass is 349 g/mol. The van der Waals surface area contributed by atoms with Crippen LogP contribution in [0.5, 0.6) is 0 Å². The molecule has 3 nitrogen and oxygen atoms in total. The third kappa shape index (κ3) is 3.23. The van der Waals surface area contributed by atoms with Gasteiger partial charge in [0, 0.05) is 4.88 Å². The van der Waals surface area contributed by atoms with Crippen LogP contribution >= 0.6 is 11.3 Å². The van der Waals surface area contributed by atoms with Crippen LogP contribution in [0.2, 0.25) is 0 Å². The van der Waals surface area contributed by atoms with E-state index in [-0.39, 0.29) is 6.04 Å². The Labute approximate surface area is 142 Å². The molecule has 23 heavy (non-hydrogen) atoms. The van der Waals surface area contributed by atoms with Crippen molar-refractivity contribution in [2.45, 2.75) is 51.5 Å². The third-order valence-corrected chi connectivity index (χ3v) is 7.46. The number of hydrogen-bond donors (Lipinski definition) is 1. The SMILES string of the molecule is Cc1cc(C)c(C)c(S(=O)(=O)NC(c2cccs2)C2CC2)c1C. The zero-order valence-electron chi connectivity index (χ0n) is 14.0. The van der Waals surface area contributed by atoms with E-state index in [0.29, 0.717) is 10.8 Å². The van der Waals surface area contributed by atoms with Gasteiger partial charge in [0.1, 0.15) is 0 Å². The fourth-order valence-corrected chi connectivity index (χ4v) is 5.94. The maximum Gasteiger partial charge on any atom is 0.241 e. The Kier molecular flexibility index (Phi) is 4.38. The van der Waals surface area contributed by atoms with Crippen LogP contribution in [0, 0.1) is 33.6 Å². The fraction of sp³-hybridized carbons (Fsp3) is 0.444. The minimum absolute atomic E-state index is 0.0976. The van der Waals surface area contributed by atoms with E-state index in [1.54, 1.807) is 11.3 Å². The highest BCUT2D eigenvalue weighted by atomic mass is 32.2. The van der Waals surface area contributed by atoms with Gasteiger partial charge >= 0.3 is 0 Å². The summed E-state index contributed by atoms with van der Waals surface area (Å²) in [6, 6.07) is 5.97. The molecule has 0 aliphatic heterocycles. The van der Waals surface area contributed by atoms with Crippen LogP contribution in [-0.2, 0) is 10.0 Å². The number of hydrogen-bond acceptors (Lipinski definition) is 3. The first-order valence-electron chi connectivity index (χ1n) is 7.94. The van der Waals surface area contributed by atoms with E-state index in [0.717, 1.165) is 40.0 Å². The predicted octanol–water partition coefficient (Wildman–Crippen LogP) is 4.41. The highest BCUT2D eigenvalue weighted by Gasteiger charge is 2.36. The van der Waals surface area contributed by atoms with E-state index in [9.17, 15) is 8.42 Å². The molecule has 1 aliphatic rings.